The van der Waals surface area contributed by atoms with Crippen molar-refractivity contribution in [2.75, 3.05) is 11.3 Å². The van der Waals surface area contributed by atoms with Crippen LogP contribution >= 0.6 is 0 Å². The number of non-ortho nitro benzene ring substituents is 1. The molecule has 1 heterocycles. The Kier molecular flexibility index (Phi) is 6.31. The van der Waals surface area contributed by atoms with Gasteiger partial charge < -0.3 is 9.30 Å². The van der Waals surface area contributed by atoms with E-state index in [1.807, 2.05) is 42.7 Å². The van der Waals surface area contributed by atoms with E-state index in [0.29, 0.717) is 22.2 Å². The molecule has 4 aromatic rings. The molecule has 0 aliphatic heterocycles. The number of hydrogen-bond acceptors (Lipinski definition) is 6. The number of sulfonamides is 1. The van der Waals surface area contributed by atoms with E-state index in [9.17, 15) is 23.3 Å². The highest BCUT2D eigenvalue weighted by molar-refractivity contribution is 7.92. The molecule has 0 amide bonds. The van der Waals surface area contributed by atoms with E-state index in [-0.39, 0.29) is 22.9 Å². The Balaban J connectivity index is 1.81. The molecule has 9 nitrogen and oxygen atoms in total. The van der Waals surface area contributed by atoms with Gasteiger partial charge in [0.1, 0.15) is 0 Å². The number of nitrogens with zero attached hydrogens (tertiary/aromatic N) is 2. The summed E-state index contributed by atoms with van der Waals surface area (Å²) in [6.07, 6.45) is 0. The summed E-state index contributed by atoms with van der Waals surface area (Å²) in [5, 5.41) is 11.4. The summed E-state index contributed by atoms with van der Waals surface area (Å²) >= 11 is 0. The van der Waals surface area contributed by atoms with Crippen LogP contribution < -0.4 is 4.72 Å². The number of nitro groups is 1. The number of aromatic nitrogens is 1. The fourth-order valence-electron chi connectivity index (χ4n) is 3.93. The Hall–Kier alpha value is -4.18. The molecule has 180 valence electrons. The number of carbonyl (C=O) groups excluding carboxylic acids is 1. The van der Waals surface area contributed by atoms with Crippen LogP contribution in [0.4, 0.5) is 11.4 Å². The minimum atomic E-state index is -4.02. The number of hydrogen-bond donors (Lipinski definition) is 1. The summed E-state index contributed by atoms with van der Waals surface area (Å²) in [5.74, 6) is -0.503. The zero-order valence-corrected chi connectivity index (χ0v) is 20.1. The van der Waals surface area contributed by atoms with Crippen molar-refractivity contribution in [2.45, 2.75) is 25.7 Å². The Morgan fingerprint density at radius 3 is 2.29 bits per heavy atom. The van der Waals surface area contributed by atoms with Gasteiger partial charge in [0.2, 0.25) is 0 Å². The number of rotatable bonds is 7. The second-order valence-corrected chi connectivity index (χ2v) is 9.62. The normalized spacial score (nSPS) is 11.4. The average molecular weight is 494 g/mol. The summed E-state index contributed by atoms with van der Waals surface area (Å²) in [6, 6.07) is 17.3. The minimum Gasteiger partial charge on any atom is -0.462 e. The van der Waals surface area contributed by atoms with Gasteiger partial charge in [0.15, 0.2) is 0 Å². The first-order chi connectivity index (χ1) is 16.6. The van der Waals surface area contributed by atoms with Crippen molar-refractivity contribution in [2.24, 2.45) is 0 Å². The van der Waals surface area contributed by atoms with E-state index in [0.717, 1.165) is 23.4 Å². The zero-order chi connectivity index (χ0) is 25.3. The van der Waals surface area contributed by atoms with Gasteiger partial charge in [0.05, 0.1) is 27.5 Å². The van der Waals surface area contributed by atoms with E-state index >= 15 is 0 Å². The predicted octanol–water partition coefficient (Wildman–Crippen LogP) is 5.13. The van der Waals surface area contributed by atoms with Crippen LogP contribution in [0.5, 0.6) is 0 Å². The first kappa shape index (κ1) is 24.0. The second kappa shape index (κ2) is 9.22. The lowest BCUT2D eigenvalue weighted by Crippen LogP contribution is -2.13. The molecule has 0 saturated heterocycles. The molecule has 3 aromatic carbocycles. The maximum atomic E-state index is 12.9. The number of nitro benzene ring substituents is 1. The number of carbonyl (C=O) groups is 1. The quantitative estimate of drug-likeness (QED) is 0.216. The van der Waals surface area contributed by atoms with Crippen LogP contribution in [0, 0.1) is 24.0 Å². The standard InChI is InChI=1S/C25H23N3O6S/c1-4-34-25(29)24-17(3)27(19-8-5-16(2)6-9-19)23-14-7-18(15-22(23)24)26-35(32,33)21-12-10-20(11-13-21)28(30)31/h5-15,26H,4H2,1-3H3. The molecule has 0 radical (unpaired) electrons. The van der Waals surface area contributed by atoms with Gasteiger partial charge in [-0.3, -0.25) is 14.8 Å². The van der Waals surface area contributed by atoms with Crippen molar-refractivity contribution < 1.29 is 22.9 Å². The first-order valence-electron chi connectivity index (χ1n) is 10.8. The number of ether oxygens (including phenoxy) is 1. The lowest BCUT2D eigenvalue weighted by Gasteiger charge is -2.10. The molecule has 10 heteroatoms. The molecule has 0 bridgehead atoms. The van der Waals surface area contributed by atoms with Gasteiger partial charge in [-0.05, 0) is 63.2 Å². The Labute approximate surface area is 202 Å². The van der Waals surface area contributed by atoms with E-state index in [1.54, 1.807) is 25.1 Å². The zero-order valence-electron chi connectivity index (χ0n) is 19.3. The van der Waals surface area contributed by atoms with Gasteiger partial charge in [0.25, 0.3) is 15.7 Å². The minimum absolute atomic E-state index is 0.123. The van der Waals surface area contributed by atoms with Crippen molar-refractivity contribution in [1.82, 2.24) is 4.57 Å². The van der Waals surface area contributed by atoms with Gasteiger partial charge in [-0.15, -0.1) is 0 Å². The van der Waals surface area contributed by atoms with Crippen LogP contribution in [0.1, 0.15) is 28.5 Å². The fraction of sp³-hybridized carbons (Fsp3) is 0.160. The predicted molar refractivity (Wildman–Crippen MR) is 133 cm³/mol. The third kappa shape index (κ3) is 4.60. The maximum Gasteiger partial charge on any atom is 0.340 e. The number of anilines is 1. The van der Waals surface area contributed by atoms with Crippen LogP contribution in [0.3, 0.4) is 0 Å². The van der Waals surface area contributed by atoms with Gasteiger partial charge in [-0.2, -0.15) is 0 Å². The molecule has 0 aliphatic rings. The summed E-state index contributed by atoms with van der Waals surface area (Å²) in [6.45, 7) is 5.71. The van der Waals surface area contributed by atoms with E-state index in [1.165, 1.54) is 12.1 Å². The van der Waals surface area contributed by atoms with Crippen LogP contribution in [-0.2, 0) is 14.8 Å². The summed E-state index contributed by atoms with van der Waals surface area (Å²) < 4.78 is 35.5. The lowest BCUT2D eigenvalue weighted by atomic mass is 10.1. The van der Waals surface area contributed by atoms with Crippen LogP contribution in [-0.4, -0.2) is 30.5 Å². The molecular formula is C25H23N3O6S. The maximum absolute atomic E-state index is 12.9. The Bertz CT molecular complexity index is 1540. The van der Waals surface area contributed by atoms with Crippen LogP contribution in [0.25, 0.3) is 16.6 Å². The first-order valence-corrected chi connectivity index (χ1v) is 12.3. The number of nitrogens with one attached hydrogen (secondary N) is 1. The monoisotopic (exact) mass is 493 g/mol. The second-order valence-electron chi connectivity index (χ2n) is 7.94. The molecule has 0 fully saturated rings. The third-order valence-corrected chi connectivity index (χ3v) is 6.98. The molecule has 0 unspecified atom stereocenters. The molecule has 0 atom stereocenters. The van der Waals surface area contributed by atoms with E-state index in [2.05, 4.69) is 4.72 Å². The number of fused-ring (bicyclic) bond motifs is 1. The van der Waals surface area contributed by atoms with Crippen molar-refractivity contribution >= 4 is 38.3 Å². The van der Waals surface area contributed by atoms with Gasteiger partial charge >= 0.3 is 5.97 Å². The van der Waals surface area contributed by atoms with Gasteiger partial charge in [-0.25, -0.2) is 13.2 Å². The van der Waals surface area contributed by atoms with Crippen LogP contribution in [0.15, 0.2) is 71.6 Å². The highest BCUT2D eigenvalue weighted by Gasteiger charge is 2.23. The number of aryl methyl sites for hydroxylation is 1. The summed E-state index contributed by atoms with van der Waals surface area (Å²) in [4.78, 5) is 23.0. The van der Waals surface area contributed by atoms with Crippen LogP contribution in [0.2, 0.25) is 0 Å². The Morgan fingerprint density at radius 1 is 1.03 bits per heavy atom. The molecule has 0 aliphatic carbocycles. The molecule has 1 N–H and O–H groups in total. The average Bonchev–Trinajstić information content (AvgIpc) is 3.10. The fourth-order valence-corrected chi connectivity index (χ4v) is 4.98. The van der Waals surface area contributed by atoms with Gasteiger partial charge in [-0.1, -0.05) is 17.7 Å². The van der Waals surface area contributed by atoms with E-state index < -0.39 is 20.9 Å². The Morgan fingerprint density at radius 2 is 1.69 bits per heavy atom. The highest BCUT2D eigenvalue weighted by Crippen LogP contribution is 2.33. The summed E-state index contributed by atoms with van der Waals surface area (Å²) in [5.41, 5.74) is 3.70. The van der Waals surface area contributed by atoms with Crippen molar-refractivity contribution in [3.05, 3.63) is 93.7 Å². The van der Waals surface area contributed by atoms with Crippen molar-refractivity contribution in [1.29, 1.82) is 0 Å². The molecule has 0 spiro atoms. The SMILES string of the molecule is CCOC(=O)c1c(C)n(-c2ccc(C)cc2)c2ccc(NS(=O)(=O)c3ccc([N+](=O)[O-])cc3)cc12. The third-order valence-electron chi connectivity index (χ3n) is 5.59. The summed E-state index contributed by atoms with van der Waals surface area (Å²) in [7, 11) is -4.02. The smallest absolute Gasteiger partial charge is 0.340 e. The largest absolute Gasteiger partial charge is 0.462 e. The molecular weight excluding hydrogens is 470 g/mol. The molecule has 35 heavy (non-hydrogen) atoms. The number of esters is 1. The lowest BCUT2D eigenvalue weighted by molar-refractivity contribution is -0.384. The van der Waals surface area contributed by atoms with Crippen molar-refractivity contribution in [3.63, 3.8) is 0 Å². The highest BCUT2D eigenvalue weighted by atomic mass is 32.2. The molecule has 4 rings (SSSR count). The molecule has 1 aromatic heterocycles. The topological polar surface area (TPSA) is 121 Å². The molecule has 0 saturated carbocycles. The van der Waals surface area contributed by atoms with Crippen molar-refractivity contribution in [3.8, 4) is 5.69 Å². The van der Waals surface area contributed by atoms with E-state index in [4.69, 9.17) is 4.74 Å². The van der Waals surface area contributed by atoms with Gasteiger partial charge in [0, 0.05) is 34.6 Å². The number of benzene rings is 3.